The number of hydrogen-bond acceptors (Lipinski definition) is 4. The molecule has 0 radical (unpaired) electrons. The van der Waals surface area contributed by atoms with Gasteiger partial charge in [-0.15, -0.1) is 24.8 Å². The van der Waals surface area contributed by atoms with Crippen LogP contribution in [-0.2, 0) is 11.4 Å². The van der Waals surface area contributed by atoms with Crippen LogP contribution in [0.2, 0.25) is 0 Å². The van der Waals surface area contributed by atoms with Gasteiger partial charge in [0.1, 0.15) is 18.0 Å². The fourth-order valence-electron chi connectivity index (χ4n) is 3.59. The molecule has 1 aliphatic carbocycles. The Morgan fingerprint density at radius 1 is 1.21 bits per heavy atom. The first kappa shape index (κ1) is 23.0. The maximum Gasteiger partial charge on any atom is 0.227 e. The molecule has 0 bridgehead atoms. The minimum Gasteiger partial charge on any atom is -0.487 e. The molecule has 0 spiro atoms. The Kier molecular flexibility index (Phi) is 8.32. The van der Waals surface area contributed by atoms with Gasteiger partial charge in [-0.05, 0) is 43.5 Å². The van der Waals surface area contributed by atoms with Crippen molar-refractivity contribution in [3.8, 4) is 5.75 Å². The number of carbonyl (C=O) groups excluding carboxylic acids is 1. The van der Waals surface area contributed by atoms with E-state index in [1.165, 1.54) is 0 Å². The molecule has 0 aliphatic heterocycles. The van der Waals surface area contributed by atoms with Crippen molar-refractivity contribution in [3.05, 3.63) is 60.6 Å². The van der Waals surface area contributed by atoms with Crippen molar-refractivity contribution in [1.29, 1.82) is 0 Å². The summed E-state index contributed by atoms with van der Waals surface area (Å²) in [5.41, 5.74) is 8.48. The van der Waals surface area contributed by atoms with E-state index in [9.17, 15) is 4.79 Å². The molecule has 156 valence electrons. The van der Waals surface area contributed by atoms with Gasteiger partial charge < -0.3 is 20.2 Å². The van der Waals surface area contributed by atoms with Gasteiger partial charge in [-0.1, -0.05) is 18.6 Å². The molecule has 6 nitrogen and oxygen atoms in total. The third kappa shape index (κ3) is 5.85. The van der Waals surface area contributed by atoms with Crippen molar-refractivity contribution in [1.82, 2.24) is 9.38 Å². The van der Waals surface area contributed by atoms with Crippen LogP contribution in [-0.4, -0.2) is 21.3 Å². The molecule has 4 rings (SSSR count). The zero-order chi connectivity index (χ0) is 18.6. The predicted molar refractivity (Wildman–Crippen MR) is 119 cm³/mol. The lowest BCUT2D eigenvalue weighted by atomic mass is 9.85. The second kappa shape index (κ2) is 10.5. The minimum absolute atomic E-state index is 0. The number of ether oxygens (including phenoxy) is 1. The van der Waals surface area contributed by atoms with Gasteiger partial charge in [0.15, 0.2) is 0 Å². The average molecular weight is 437 g/mol. The van der Waals surface area contributed by atoms with Crippen LogP contribution >= 0.6 is 24.8 Å². The maximum atomic E-state index is 12.5. The number of pyridine rings is 1. The molecule has 1 aliphatic rings. The van der Waals surface area contributed by atoms with Crippen LogP contribution in [0.3, 0.4) is 0 Å². The average Bonchev–Trinajstić information content (AvgIpc) is 3.10. The number of benzene rings is 1. The molecule has 2 unspecified atom stereocenters. The van der Waals surface area contributed by atoms with Gasteiger partial charge in [-0.2, -0.15) is 0 Å². The molecule has 1 aromatic carbocycles. The summed E-state index contributed by atoms with van der Waals surface area (Å²) < 4.78 is 7.82. The Hall–Kier alpha value is -2.28. The molecule has 29 heavy (non-hydrogen) atoms. The highest BCUT2D eigenvalue weighted by Crippen LogP contribution is 2.25. The topological polar surface area (TPSA) is 81.7 Å². The first-order valence-electron chi connectivity index (χ1n) is 9.39. The molecule has 1 saturated carbocycles. The Morgan fingerprint density at radius 3 is 2.86 bits per heavy atom. The lowest BCUT2D eigenvalue weighted by Gasteiger charge is -2.25. The van der Waals surface area contributed by atoms with Crippen LogP contribution in [0, 0.1) is 5.92 Å². The van der Waals surface area contributed by atoms with Crippen molar-refractivity contribution in [2.75, 3.05) is 5.32 Å². The second-order valence-electron chi connectivity index (χ2n) is 7.13. The zero-order valence-corrected chi connectivity index (χ0v) is 17.6. The number of anilines is 1. The Balaban J connectivity index is 0.00000150. The summed E-state index contributed by atoms with van der Waals surface area (Å²) in [6.45, 7) is 0.372. The van der Waals surface area contributed by atoms with Gasteiger partial charge in [-0.3, -0.25) is 4.79 Å². The van der Waals surface area contributed by atoms with E-state index in [2.05, 4.69) is 10.3 Å². The summed E-state index contributed by atoms with van der Waals surface area (Å²) >= 11 is 0. The summed E-state index contributed by atoms with van der Waals surface area (Å²) in [7, 11) is 0. The van der Waals surface area contributed by atoms with E-state index < -0.39 is 0 Å². The number of hydrogen-bond donors (Lipinski definition) is 2. The van der Waals surface area contributed by atoms with Crippen LogP contribution in [0.1, 0.15) is 31.4 Å². The number of aromatic nitrogens is 2. The van der Waals surface area contributed by atoms with Crippen molar-refractivity contribution in [2.45, 2.75) is 38.3 Å². The highest BCUT2D eigenvalue weighted by molar-refractivity contribution is 5.92. The van der Waals surface area contributed by atoms with Crippen LogP contribution < -0.4 is 15.8 Å². The molecule has 2 atom stereocenters. The third-order valence-corrected chi connectivity index (χ3v) is 4.99. The molecule has 3 N–H and O–H groups in total. The first-order valence-corrected chi connectivity index (χ1v) is 9.39. The van der Waals surface area contributed by atoms with Gasteiger partial charge in [-0.25, -0.2) is 4.98 Å². The van der Waals surface area contributed by atoms with Crippen LogP contribution in [0.25, 0.3) is 5.65 Å². The summed E-state index contributed by atoms with van der Waals surface area (Å²) in [5.74, 6) is 0.740. The normalized spacial score (nSPS) is 18.4. The lowest BCUT2D eigenvalue weighted by molar-refractivity contribution is -0.120. The zero-order valence-electron chi connectivity index (χ0n) is 16.0. The second-order valence-corrected chi connectivity index (χ2v) is 7.13. The fourth-order valence-corrected chi connectivity index (χ4v) is 3.59. The predicted octanol–water partition coefficient (Wildman–Crippen LogP) is 4.21. The smallest absolute Gasteiger partial charge is 0.227 e. The molecule has 2 heterocycles. The number of nitrogens with one attached hydrogen (secondary N) is 1. The number of imidazole rings is 1. The molecular formula is C21H26Cl2N4O2. The Bertz CT molecular complexity index is 914. The Labute approximate surface area is 182 Å². The van der Waals surface area contributed by atoms with Gasteiger partial charge in [0.05, 0.1) is 5.69 Å². The molecule has 1 amide bonds. The molecule has 1 fully saturated rings. The highest BCUT2D eigenvalue weighted by Gasteiger charge is 2.25. The number of rotatable bonds is 5. The SMILES string of the molecule is Cl.Cl.NC1CCCC(C(=O)Nc2cccc(OCc3cn4ccccc4n3)c2)C1. The van der Waals surface area contributed by atoms with E-state index in [4.69, 9.17) is 10.5 Å². The fraction of sp³-hybridized carbons (Fsp3) is 0.333. The van der Waals surface area contributed by atoms with Gasteiger partial charge in [0, 0.05) is 36.1 Å². The molecule has 2 aromatic heterocycles. The summed E-state index contributed by atoms with van der Waals surface area (Å²) in [6, 6.07) is 13.5. The third-order valence-electron chi connectivity index (χ3n) is 4.99. The van der Waals surface area contributed by atoms with Crippen LogP contribution in [0.5, 0.6) is 5.75 Å². The van der Waals surface area contributed by atoms with Crippen molar-refractivity contribution >= 4 is 42.1 Å². The number of nitrogens with two attached hydrogens (primary N) is 1. The highest BCUT2D eigenvalue weighted by atomic mass is 35.5. The molecule has 0 saturated heterocycles. The van der Waals surface area contributed by atoms with E-state index in [-0.39, 0.29) is 42.7 Å². The van der Waals surface area contributed by atoms with Crippen LogP contribution in [0.15, 0.2) is 54.9 Å². The van der Waals surface area contributed by atoms with Crippen molar-refractivity contribution in [3.63, 3.8) is 0 Å². The largest absolute Gasteiger partial charge is 0.487 e. The van der Waals surface area contributed by atoms with E-state index in [0.29, 0.717) is 12.4 Å². The monoisotopic (exact) mass is 436 g/mol. The summed E-state index contributed by atoms with van der Waals surface area (Å²) in [5, 5.41) is 3.00. The van der Waals surface area contributed by atoms with Crippen LogP contribution in [0.4, 0.5) is 5.69 Å². The Morgan fingerprint density at radius 2 is 2.07 bits per heavy atom. The maximum absolute atomic E-state index is 12.5. The number of amides is 1. The minimum atomic E-state index is -0.00343. The molecular weight excluding hydrogens is 411 g/mol. The van der Waals surface area contributed by atoms with E-state index in [0.717, 1.165) is 42.7 Å². The molecule has 3 aromatic rings. The molecule has 8 heteroatoms. The van der Waals surface area contributed by atoms with E-state index in [1.54, 1.807) is 0 Å². The first-order chi connectivity index (χ1) is 13.2. The summed E-state index contributed by atoms with van der Waals surface area (Å²) in [6.07, 6.45) is 7.60. The lowest BCUT2D eigenvalue weighted by Crippen LogP contribution is -2.34. The quantitative estimate of drug-likeness (QED) is 0.627. The summed E-state index contributed by atoms with van der Waals surface area (Å²) in [4.78, 5) is 17.0. The number of fused-ring (bicyclic) bond motifs is 1. The van der Waals surface area contributed by atoms with Gasteiger partial charge >= 0.3 is 0 Å². The van der Waals surface area contributed by atoms with Crippen molar-refractivity contribution < 1.29 is 9.53 Å². The van der Waals surface area contributed by atoms with E-state index in [1.807, 2.05) is 59.3 Å². The van der Waals surface area contributed by atoms with Crippen molar-refractivity contribution in [2.24, 2.45) is 11.7 Å². The number of nitrogens with zero attached hydrogens (tertiary/aromatic N) is 2. The van der Waals surface area contributed by atoms with Gasteiger partial charge in [0.2, 0.25) is 5.91 Å². The number of halogens is 2. The standard InChI is InChI=1S/C21H24N4O2.2ClH/c22-16-6-3-5-15(11-16)21(26)24-17-7-4-8-19(12-17)27-14-18-13-25-10-2-1-9-20(25)23-18;;/h1-2,4,7-10,12-13,15-16H,3,5-6,11,14,22H2,(H,24,26);2*1H. The number of carbonyl (C=O) groups is 1. The van der Waals surface area contributed by atoms with Gasteiger partial charge in [0.25, 0.3) is 0 Å². The van der Waals surface area contributed by atoms with E-state index >= 15 is 0 Å².